The van der Waals surface area contributed by atoms with Gasteiger partial charge in [0, 0.05) is 34.1 Å². The Hall–Kier alpha value is -3.07. The van der Waals surface area contributed by atoms with Crippen LogP contribution in [-0.4, -0.2) is 24.6 Å². The van der Waals surface area contributed by atoms with Crippen LogP contribution >= 0.6 is 39.1 Å². The number of nitrogens with one attached hydrogen (secondary N) is 2. The van der Waals surface area contributed by atoms with Crippen LogP contribution in [0.5, 0.6) is 11.5 Å². The summed E-state index contributed by atoms with van der Waals surface area (Å²) in [6, 6.07) is 16.2. The molecule has 10 heteroatoms. The van der Waals surface area contributed by atoms with Crippen molar-refractivity contribution in [1.29, 1.82) is 0 Å². The van der Waals surface area contributed by atoms with Crippen molar-refractivity contribution in [2.75, 3.05) is 11.9 Å². The number of ether oxygens (including phenoxy) is 2. The first-order chi connectivity index (χ1) is 17.8. The number of hydrazone groups is 1. The number of hydrogen-bond acceptors (Lipinski definition) is 5. The molecule has 0 saturated carbocycles. The molecular formula is C27H26BrCl2N3O4. The lowest BCUT2D eigenvalue weighted by Crippen LogP contribution is -2.20. The lowest BCUT2D eigenvalue weighted by molar-refractivity contribution is -0.124. The van der Waals surface area contributed by atoms with Crippen LogP contribution in [0.2, 0.25) is 10.0 Å². The molecule has 0 saturated heterocycles. The van der Waals surface area contributed by atoms with Gasteiger partial charge in [-0.1, -0.05) is 47.5 Å². The molecule has 0 aliphatic heterocycles. The highest BCUT2D eigenvalue weighted by Gasteiger charge is 2.13. The quantitative estimate of drug-likeness (QED) is 0.183. The Balaban J connectivity index is 1.55. The molecule has 37 heavy (non-hydrogen) atoms. The molecule has 0 spiro atoms. The van der Waals surface area contributed by atoms with Gasteiger partial charge in [-0.3, -0.25) is 9.59 Å². The molecule has 3 rings (SSSR count). The van der Waals surface area contributed by atoms with Crippen LogP contribution in [0, 0.1) is 6.92 Å². The van der Waals surface area contributed by atoms with Crippen LogP contribution in [-0.2, 0) is 16.2 Å². The number of hydrogen-bond donors (Lipinski definition) is 2. The predicted molar refractivity (Wildman–Crippen MR) is 151 cm³/mol. The molecular weight excluding hydrogens is 581 g/mol. The minimum Gasteiger partial charge on any atom is -0.490 e. The van der Waals surface area contributed by atoms with Gasteiger partial charge in [0.25, 0.3) is 0 Å². The number of halogens is 3. The molecule has 2 amide bonds. The van der Waals surface area contributed by atoms with Gasteiger partial charge in [0.1, 0.15) is 6.61 Å². The Morgan fingerprint density at radius 1 is 1.00 bits per heavy atom. The van der Waals surface area contributed by atoms with E-state index in [2.05, 4.69) is 31.8 Å². The van der Waals surface area contributed by atoms with E-state index in [4.69, 9.17) is 32.7 Å². The van der Waals surface area contributed by atoms with Crippen molar-refractivity contribution in [2.24, 2.45) is 5.10 Å². The molecule has 3 aromatic carbocycles. The second kappa shape index (κ2) is 14.0. The second-order valence-electron chi connectivity index (χ2n) is 7.95. The minimum atomic E-state index is -0.392. The highest BCUT2D eigenvalue weighted by Crippen LogP contribution is 2.37. The van der Waals surface area contributed by atoms with Crippen molar-refractivity contribution in [3.63, 3.8) is 0 Å². The number of amides is 2. The van der Waals surface area contributed by atoms with Crippen molar-refractivity contribution in [3.8, 4) is 11.5 Å². The van der Waals surface area contributed by atoms with Crippen LogP contribution in [0.4, 0.5) is 5.69 Å². The predicted octanol–water partition coefficient (Wildman–Crippen LogP) is 6.91. The molecule has 2 N–H and O–H groups in total. The summed E-state index contributed by atoms with van der Waals surface area (Å²) in [7, 11) is 0. The van der Waals surface area contributed by atoms with Crippen molar-refractivity contribution in [1.82, 2.24) is 5.43 Å². The monoisotopic (exact) mass is 605 g/mol. The van der Waals surface area contributed by atoms with E-state index >= 15 is 0 Å². The average Bonchev–Trinajstić information content (AvgIpc) is 2.86. The van der Waals surface area contributed by atoms with Crippen molar-refractivity contribution in [2.45, 2.75) is 33.3 Å². The number of anilines is 1. The Morgan fingerprint density at radius 3 is 2.49 bits per heavy atom. The summed E-state index contributed by atoms with van der Waals surface area (Å²) in [5.41, 5.74) is 5.45. The fraction of sp³-hybridized carbons (Fsp3) is 0.222. The maximum atomic E-state index is 12.1. The molecule has 3 aromatic rings. The Bertz CT molecular complexity index is 1300. The summed E-state index contributed by atoms with van der Waals surface area (Å²) >= 11 is 15.8. The van der Waals surface area contributed by atoms with Gasteiger partial charge in [0.15, 0.2) is 11.5 Å². The van der Waals surface area contributed by atoms with Gasteiger partial charge in [-0.25, -0.2) is 5.43 Å². The van der Waals surface area contributed by atoms with E-state index in [1.165, 1.54) is 6.21 Å². The molecule has 0 aliphatic carbocycles. The molecule has 0 atom stereocenters. The van der Waals surface area contributed by atoms with E-state index in [1.807, 2.05) is 38.1 Å². The fourth-order valence-corrected chi connectivity index (χ4v) is 4.13. The van der Waals surface area contributed by atoms with E-state index in [0.717, 1.165) is 11.1 Å². The lowest BCUT2D eigenvalue weighted by Gasteiger charge is -2.15. The third kappa shape index (κ3) is 8.77. The fourth-order valence-electron chi connectivity index (χ4n) is 3.19. The maximum Gasteiger partial charge on any atom is 0.240 e. The molecule has 7 nitrogen and oxygen atoms in total. The van der Waals surface area contributed by atoms with Gasteiger partial charge in [-0.15, -0.1) is 0 Å². The lowest BCUT2D eigenvalue weighted by atomic mass is 10.2. The summed E-state index contributed by atoms with van der Waals surface area (Å²) in [5.74, 6) is 0.363. The molecule has 194 valence electrons. The highest BCUT2D eigenvalue weighted by molar-refractivity contribution is 9.10. The first-order valence-electron chi connectivity index (χ1n) is 11.5. The topological polar surface area (TPSA) is 89.0 Å². The van der Waals surface area contributed by atoms with Crippen LogP contribution in [0.25, 0.3) is 0 Å². The average molecular weight is 607 g/mol. The standard InChI is InChI=1S/C27H26BrCl2N3O4/c1-3-36-24-13-18(12-21(28)27(24)37-16-19-6-4-5-7-22(19)29)15-31-33-26(35)11-10-25(34)32-20-9-8-17(2)23(30)14-20/h4-9,12-15H,3,10-11,16H2,1-2H3,(H,32,34)(H,33,35). The van der Waals surface area contributed by atoms with Crippen LogP contribution < -0.4 is 20.2 Å². The van der Waals surface area contributed by atoms with Gasteiger partial charge in [0.05, 0.1) is 17.3 Å². The summed E-state index contributed by atoms with van der Waals surface area (Å²) in [5, 5.41) is 7.89. The molecule has 0 bridgehead atoms. The van der Waals surface area contributed by atoms with Crippen LogP contribution in [0.15, 0.2) is 64.2 Å². The van der Waals surface area contributed by atoms with Gasteiger partial charge in [0.2, 0.25) is 11.8 Å². The van der Waals surface area contributed by atoms with Crippen molar-refractivity contribution >= 4 is 62.8 Å². The number of rotatable bonds is 11. The molecule has 0 aromatic heterocycles. The summed E-state index contributed by atoms with van der Waals surface area (Å²) in [4.78, 5) is 24.3. The van der Waals surface area contributed by atoms with Crippen LogP contribution in [0.1, 0.15) is 36.5 Å². The van der Waals surface area contributed by atoms with Crippen molar-refractivity contribution in [3.05, 3.63) is 85.8 Å². The van der Waals surface area contributed by atoms with E-state index in [0.29, 0.717) is 43.9 Å². The molecule has 0 aliphatic rings. The third-order valence-corrected chi connectivity index (χ3v) is 6.46. The molecule has 0 fully saturated rings. The number of carbonyl (C=O) groups excluding carboxylic acids is 2. The van der Waals surface area contributed by atoms with Gasteiger partial charge < -0.3 is 14.8 Å². The van der Waals surface area contributed by atoms with Crippen LogP contribution in [0.3, 0.4) is 0 Å². The summed E-state index contributed by atoms with van der Waals surface area (Å²) < 4.78 is 12.4. The normalized spacial score (nSPS) is 10.8. The Morgan fingerprint density at radius 2 is 1.76 bits per heavy atom. The Kier molecular flexibility index (Phi) is 10.8. The Labute approximate surface area is 234 Å². The number of nitrogens with zero attached hydrogens (tertiary/aromatic N) is 1. The number of aryl methyl sites for hydroxylation is 1. The van der Waals surface area contributed by atoms with E-state index < -0.39 is 5.91 Å². The van der Waals surface area contributed by atoms with E-state index in [-0.39, 0.29) is 25.4 Å². The smallest absolute Gasteiger partial charge is 0.240 e. The first-order valence-corrected chi connectivity index (χ1v) is 13.0. The zero-order valence-corrected chi connectivity index (χ0v) is 23.4. The summed E-state index contributed by atoms with van der Waals surface area (Å²) in [6.07, 6.45) is 1.47. The largest absolute Gasteiger partial charge is 0.490 e. The van der Waals surface area contributed by atoms with Gasteiger partial charge >= 0.3 is 0 Å². The van der Waals surface area contributed by atoms with Gasteiger partial charge in [-0.2, -0.15) is 5.10 Å². The highest BCUT2D eigenvalue weighted by atomic mass is 79.9. The van der Waals surface area contributed by atoms with E-state index in [1.54, 1.807) is 30.3 Å². The zero-order valence-electron chi connectivity index (χ0n) is 20.3. The minimum absolute atomic E-state index is 0.00432. The van der Waals surface area contributed by atoms with Gasteiger partial charge in [-0.05, 0) is 71.2 Å². The number of benzene rings is 3. The number of carbonyl (C=O) groups is 2. The molecule has 0 unspecified atom stereocenters. The van der Waals surface area contributed by atoms with E-state index in [9.17, 15) is 9.59 Å². The SMILES string of the molecule is CCOc1cc(C=NNC(=O)CCC(=O)Nc2ccc(C)c(Cl)c2)cc(Br)c1OCc1ccccc1Cl. The second-order valence-corrected chi connectivity index (χ2v) is 9.62. The summed E-state index contributed by atoms with van der Waals surface area (Å²) in [6.45, 7) is 4.45. The first kappa shape index (κ1) is 28.5. The third-order valence-electron chi connectivity index (χ3n) is 5.10. The van der Waals surface area contributed by atoms with Crippen molar-refractivity contribution < 1.29 is 19.1 Å². The maximum absolute atomic E-state index is 12.1. The molecule has 0 radical (unpaired) electrons. The molecule has 0 heterocycles. The zero-order chi connectivity index (χ0) is 26.8.